The van der Waals surface area contributed by atoms with Gasteiger partial charge in [-0.1, -0.05) is 6.07 Å². The number of alkyl halides is 3. The van der Waals surface area contributed by atoms with E-state index in [1.807, 2.05) is 0 Å². The monoisotopic (exact) mass is 536 g/mol. The first-order valence-corrected chi connectivity index (χ1v) is 13.0. The molecule has 1 aromatic carbocycles. The summed E-state index contributed by atoms with van der Waals surface area (Å²) in [5, 5.41) is 15.2. The molecule has 1 aliphatic carbocycles. The molecule has 7 nitrogen and oxygen atoms in total. The number of nitrogens with zero attached hydrogens (tertiary/aromatic N) is 2. The molecule has 1 fully saturated rings. The van der Waals surface area contributed by atoms with Crippen LogP contribution in [0.2, 0.25) is 0 Å². The van der Waals surface area contributed by atoms with Crippen LogP contribution < -0.4 is 10.6 Å². The summed E-state index contributed by atoms with van der Waals surface area (Å²) < 4.78 is 52.6. The van der Waals surface area contributed by atoms with Gasteiger partial charge in [-0.25, -0.2) is 14.2 Å². The van der Waals surface area contributed by atoms with Crippen LogP contribution >= 0.6 is 0 Å². The number of aliphatic carboxylic acids is 1. The van der Waals surface area contributed by atoms with E-state index in [4.69, 9.17) is 4.98 Å². The van der Waals surface area contributed by atoms with Gasteiger partial charge in [-0.3, -0.25) is 4.79 Å². The number of unbranched alkanes of at least 4 members (excludes halogenated alkanes) is 1. The Balaban J connectivity index is 1.28. The molecule has 1 amide bonds. The highest BCUT2D eigenvalue weighted by Crippen LogP contribution is 2.31. The predicted octanol–water partition coefficient (Wildman–Crippen LogP) is 4.66. The normalized spacial score (nSPS) is 16.0. The van der Waals surface area contributed by atoms with Crippen molar-refractivity contribution in [3.63, 3.8) is 0 Å². The largest absolute Gasteiger partial charge is 0.480 e. The molecule has 1 saturated carbocycles. The zero-order valence-electron chi connectivity index (χ0n) is 21.0. The molecule has 1 aromatic heterocycles. The fraction of sp³-hybridized carbons (Fsp3) is 0.519. The number of halogens is 4. The number of pyridine rings is 1. The highest BCUT2D eigenvalue weighted by atomic mass is 19.4. The van der Waals surface area contributed by atoms with Crippen molar-refractivity contribution in [3.8, 4) is 0 Å². The Kier molecular flexibility index (Phi) is 8.86. The number of benzene rings is 1. The molecule has 0 bridgehead atoms. The van der Waals surface area contributed by atoms with E-state index < -0.39 is 41.0 Å². The second-order valence-electron chi connectivity index (χ2n) is 9.94. The number of carbonyl (C=O) groups excluding carboxylic acids is 1. The SMILES string of the molecule is O=C(NC(CCN(CCCCc1ccc2c(n1)NCCC2)C1CC1)C(=O)O)c1cc(F)cc(C(F)(F)F)c1. The lowest BCUT2D eigenvalue weighted by Crippen LogP contribution is -2.43. The van der Waals surface area contributed by atoms with E-state index in [0.717, 1.165) is 69.5 Å². The molecule has 1 atom stereocenters. The van der Waals surface area contributed by atoms with Crippen LogP contribution in [0.1, 0.15) is 65.7 Å². The maximum atomic E-state index is 13.7. The minimum Gasteiger partial charge on any atom is -0.480 e. The standard InChI is InChI=1S/C27H32F4N4O3/c28-20-15-18(14-19(16-20)27(29,30)31)25(36)34-23(26(37)38)10-13-35(22-8-9-22)12-2-1-5-21-7-6-17-4-3-11-32-24(17)33-21/h6-7,14-16,22-23H,1-5,8-13H2,(H,32,33)(H,34,36)(H,37,38). The van der Waals surface area contributed by atoms with Gasteiger partial charge in [0.1, 0.15) is 17.7 Å². The highest BCUT2D eigenvalue weighted by molar-refractivity contribution is 5.96. The Morgan fingerprint density at radius 2 is 1.95 bits per heavy atom. The lowest BCUT2D eigenvalue weighted by atomic mass is 10.1. The van der Waals surface area contributed by atoms with Gasteiger partial charge in [0.05, 0.1) is 5.56 Å². The maximum absolute atomic E-state index is 13.7. The van der Waals surface area contributed by atoms with Crippen LogP contribution in [0.15, 0.2) is 30.3 Å². The summed E-state index contributed by atoms with van der Waals surface area (Å²) in [7, 11) is 0. The molecule has 3 N–H and O–H groups in total. The number of carboxylic acids is 1. The number of aromatic nitrogens is 1. The third kappa shape index (κ3) is 7.66. The molecular weight excluding hydrogens is 504 g/mol. The van der Waals surface area contributed by atoms with E-state index in [9.17, 15) is 32.3 Å². The summed E-state index contributed by atoms with van der Waals surface area (Å²) in [5.74, 6) is -2.61. The zero-order chi connectivity index (χ0) is 27.3. The van der Waals surface area contributed by atoms with Crippen molar-refractivity contribution < 1.29 is 32.3 Å². The van der Waals surface area contributed by atoms with Crippen molar-refractivity contribution in [2.24, 2.45) is 0 Å². The quantitative estimate of drug-likeness (QED) is 0.270. The van der Waals surface area contributed by atoms with E-state index in [2.05, 4.69) is 27.7 Å². The van der Waals surface area contributed by atoms with Crippen molar-refractivity contribution >= 4 is 17.7 Å². The number of nitrogens with one attached hydrogen (secondary N) is 2. The molecule has 1 unspecified atom stereocenters. The fourth-order valence-electron chi connectivity index (χ4n) is 4.72. The molecule has 4 rings (SSSR count). The number of amides is 1. The number of anilines is 1. The first kappa shape index (κ1) is 27.8. The second kappa shape index (κ2) is 12.1. The molecule has 2 aromatic rings. The van der Waals surface area contributed by atoms with Crippen LogP contribution in [0.5, 0.6) is 0 Å². The predicted molar refractivity (Wildman–Crippen MR) is 133 cm³/mol. The summed E-state index contributed by atoms with van der Waals surface area (Å²) in [5.41, 5.74) is 0.402. The number of carboxylic acid groups (broad SMARTS) is 1. The van der Waals surface area contributed by atoms with Crippen LogP contribution in [0.3, 0.4) is 0 Å². The Bertz CT molecular complexity index is 1150. The molecule has 11 heteroatoms. The summed E-state index contributed by atoms with van der Waals surface area (Å²) >= 11 is 0. The van der Waals surface area contributed by atoms with Crippen LogP contribution in [0, 0.1) is 5.82 Å². The molecular formula is C27H32F4N4O3. The molecule has 2 heterocycles. The van der Waals surface area contributed by atoms with Crippen molar-refractivity contribution in [2.75, 3.05) is 25.0 Å². The first-order chi connectivity index (χ1) is 18.1. The van der Waals surface area contributed by atoms with E-state index in [0.29, 0.717) is 24.7 Å². The van der Waals surface area contributed by atoms with Crippen LogP contribution in [0.25, 0.3) is 0 Å². The molecule has 206 valence electrons. The minimum absolute atomic E-state index is 0.0804. The van der Waals surface area contributed by atoms with Crippen molar-refractivity contribution in [1.29, 1.82) is 0 Å². The van der Waals surface area contributed by atoms with Crippen LogP contribution in [0.4, 0.5) is 23.4 Å². The molecule has 38 heavy (non-hydrogen) atoms. The molecule has 1 aliphatic heterocycles. The van der Waals surface area contributed by atoms with Gasteiger partial charge in [0.15, 0.2) is 0 Å². The number of hydrogen-bond acceptors (Lipinski definition) is 5. The van der Waals surface area contributed by atoms with Crippen LogP contribution in [-0.4, -0.2) is 58.6 Å². The summed E-state index contributed by atoms with van der Waals surface area (Å²) in [4.78, 5) is 31.2. The van der Waals surface area contributed by atoms with Gasteiger partial charge in [-0.2, -0.15) is 13.2 Å². The number of hydrogen-bond donors (Lipinski definition) is 3. The van der Waals surface area contributed by atoms with Crippen LogP contribution in [-0.2, 0) is 23.8 Å². The molecule has 0 radical (unpaired) electrons. The Labute approximate surface area is 218 Å². The number of fused-ring (bicyclic) bond motifs is 1. The lowest BCUT2D eigenvalue weighted by Gasteiger charge is -2.24. The third-order valence-corrected chi connectivity index (χ3v) is 6.94. The maximum Gasteiger partial charge on any atom is 0.416 e. The van der Waals surface area contributed by atoms with Crippen molar-refractivity contribution in [2.45, 2.75) is 69.6 Å². The summed E-state index contributed by atoms with van der Waals surface area (Å²) in [6.07, 6.45) is 2.11. The van der Waals surface area contributed by atoms with Gasteiger partial charge < -0.3 is 20.6 Å². The second-order valence-corrected chi connectivity index (χ2v) is 9.94. The number of carbonyl (C=O) groups is 2. The van der Waals surface area contributed by atoms with Gasteiger partial charge in [-0.05, 0) is 87.7 Å². The smallest absolute Gasteiger partial charge is 0.416 e. The number of rotatable bonds is 12. The third-order valence-electron chi connectivity index (χ3n) is 6.94. The molecule has 0 spiro atoms. The average Bonchev–Trinajstić information content (AvgIpc) is 3.71. The van der Waals surface area contributed by atoms with Crippen molar-refractivity contribution in [1.82, 2.24) is 15.2 Å². The first-order valence-electron chi connectivity index (χ1n) is 13.0. The zero-order valence-corrected chi connectivity index (χ0v) is 21.0. The van der Waals surface area contributed by atoms with Gasteiger partial charge >= 0.3 is 12.1 Å². The number of aryl methyl sites for hydroxylation is 2. The topological polar surface area (TPSA) is 94.6 Å². The molecule has 0 saturated heterocycles. The van der Waals surface area contributed by atoms with Gasteiger partial charge in [0, 0.05) is 30.4 Å². The van der Waals surface area contributed by atoms with Gasteiger partial charge in [-0.15, -0.1) is 0 Å². The fourth-order valence-corrected chi connectivity index (χ4v) is 4.72. The van der Waals surface area contributed by atoms with Crippen molar-refractivity contribution in [3.05, 3.63) is 58.5 Å². The van der Waals surface area contributed by atoms with E-state index in [-0.39, 0.29) is 12.5 Å². The minimum atomic E-state index is -4.83. The van der Waals surface area contributed by atoms with Gasteiger partial charge in [0.25, 0.3) is 5.91 Å². The summed E-state index contributed by atoms with van der Waals surface area (Å²) in [6, 6.07) is 4.72. The Hall–Kier alpha value is -3.21. The molecule has 2 aliphatic rings. The highest BCUT2D eigenvalue weighted by Gasteiger charge is 2.33. The van der Waals surface area contributed by atoms with E-state index in [1.54, 1.807) is 0 Å². The van der Waals surface area contributed by atoms with E-state index in [1.165, 1.54) is 5.56 Å². The Morgan fingerprint density at radius 1 is 1.16 bits per heavy atom. The average molecular weight is 537 g/mol. The Morgan fingerprint density at radius 3 is 2.66 bits per heavy atom. The van der Waals surface area contributed by atoms with E-state index >= 15 is 0 Å². The van der Waals surface area contributed by atoms with Gasteiger partial charge in [0.2, 0.25) is 0 Å². The lowest BCUT2D eigenvalue weighted by molar-refractivity contribution is -0.140. The summed E-state index contributed by atoms with van der Waals surface area (Å²) in [6.45, 7) is 2.13.